The van der Waals surface area contributed by atoms with Crippen LogP contribution in [0.3, 0.4) is 0 Å². The first-order valence-corrected chi connectivity index (χ1v) is 52.7. The molecule has 0 saturated heterocycles. The standard InChI is InChI=1S/C21H42O3.C19H38O3.C17H34O3.C15H30O3.C13H26O3.C11H22O3.C9H18O3/c1-3-4-5-6-7-8-9-10-11-12-13-14-15-16-17-18-19-24-21(23)20(2)22;1-3-4-5-6-7-8-9-10-11-12-13-14-15-16-17-22-19(21)18(2)20;1-3-4-5-6-7-8-9-10-11-12-13-14-15-20-17(19)16(2)18;1-3-4-5-6-7-8-9-10-11-12-13-18-15(17)14(2)16;1-3-4-5-6-7-8-9-10-11-16-13(15)12(2)14;1-3-4-5-6-7-8-9-14-11(13)10(2)12;1-3-4-5-6-7-12-9(11)8(2)10/h20,22H,3-19H2,1-2H3;18,20H,3-17H2,1-2H3;16,18H,3-15H2,1-2H3;14,16H,3-13H2,1-2H3;12,14H,3-11H2,1-2H3;10,12H,3-9H2,1-2H3;8,10H,3-7H2,1-2H3. The van der Waals surface area contributed by atoms with Crippen molar-refractivity contribution in [1.82, 2.24) is 0 Å². The molecule has 756 valence electrons. The summed E-state index contributed by atoms with van der Waals surface area (Å²) in [6.45, 7) is 28.7. The van der Waals surface area contributed by atoms with Crippen LogP contribution < -0.4 is 0 Å². The Hall–Kier alpha value is -3.99. The van der Waals surface area contributed by atoms with Crippen LogP contribution in [-0.2, 0) is 66.7 Å². The van der Waals surface area contributed by atoms with Crippen LogP contribution >= 0.6 is 0 Å². The van der Waals surface area contributed by atoms with Gasteiger partial charge in [0, 0.05) is 0 Å². The summed E-state index contributed by atoms with van der Waals surface area (Å²) >= 11 is 0. The largest absolute Gasteiger partial charge is 0.464 e. The lowest BCUT2D eigenvalue weighted by Gasteiger charge is -2.06. The number of hydrogen-bond acceptors (Lipinski definition) is 21. The monoisotopic (exact) mass is 1810 g/mol. The summed E-state index contributed by atoms with van der Waals surface area (Å²) in [6, 6.07) is 0. The Bertz CT molecular complexity index is 2160. The van der Waals surface area contributed by atoms with Crippen LogP contribution in [-0.4, -0.2) is 167 Å². The summed E-state index contributed by atoms with van der Waals surface area (Å²) in [5.74, 6) is -3.57. The van der Waals surface area contributed by atoms with E-state index < -0.39 is 84.5 Å². The predicted molar refractivity (Wildman–Crippen MR) is 521 cm³/mol. The van der Waals surface area contributed by atoms with Gasteiger partial charge >= 0.3 is 41.8 Å². The van der Waals surface area contributed by atoms with Crippen molar-refractivity contribution in [3.63, 3.8) is 0 Å². The van der Waals surface area contributed by atoms with E-state index in [9.17, 15) is 33.6 Å². The van der Waals surface area contributed by atoms with Gasteiger partial charge in [0.15, 0.2) is 0 Å². The molecule has 21 nitrogen and oxygen atoms in total. The van der Waals surface area contributed by atoms with Crippen LogP contribution in [0.4, 0.5) is 0 Å². The normalized spacial score (nSPS) is 12.4. The minimum Gasteiger partial charge on any atom is -0.464 e. The highest BCUT2D eigenvalue weighted by molar-refractivity contribution is 5.75. The number of aliphatic hydroxyl groups excluding tert-OH is 7. The van der Waals surface area contributed by atoms with E-state index in [4.69, 9.17) is 68.9 Å². The molecule has 0 bridgehead atoms. The van der Waals surface area contributed by atoms with E-state index >= 15 is 0 Å². The molecule has 0 aromatic heterocycles. The third-order valence-corrected chi connectivity index (χ3v) is 21.6. The summed E-state index contributed by atoms with van der Waals surface area (Å²) < 4.78 is 34.1. The molecule has 7 unspecified atom stereocenters. The fourth-order valence-electron chi connectivity index (χ4n) is 13.2. The molecule has 0 aliphatic carbocycles. The fourth-order valence-corrected chi connectivity index (χ4v) is 13.2. The molecule has 0 rings (SSSR count). The van der Waals surface area contributed by atoms with Gasteiger partial charge in [-0.3, -0.25) is 0 Å². The Morgan fingerprint density at radius 2 is 0.198 bits per heavy atom. The van der Waals surface area contributed by atoms with Gasteiger partial charge in [0.1, 0.15) is 42.7 Å². The highest BCUT2D eigenvalue weighted by Gasteiger charge is 2.15. The van der Waals surface area contributed by atoms with Crippen molar-refractivity contribution in [1.29, 1.82) is 0 Å². The average Bonchev–Trinajstić information content (AvgIpc) is 1.04. The molecule has 0 fully saturated rings. The van der Waals surface area contributed by atoms with E-state index in [-0.39, 0.29) is 0 Å². The minimum atomic E-state index is -0.994. The van der Waals surface area contributed by atoms with Gasteiger partial charge in [-0.25, -0.2) is 33.6 Å². The number of ether oxygens (including phenoxy) is 7. The fraction of sp³-hybridized carbons (Fsp3) is 0.933. The van der Waals surface area contributed by atoms with Gasteiger partial charge in [0.25, 0.3) is 0 Å². The van der Waals surface area contributed by atoms with Crippen molar-refractivity contribution < 1.29 is 102 Å². The van der Waals surface area contributed by atoms with Crippen LogP contribution in [0.1, 0.15) is 546 Å². The second-order valence-corrected chi connectivity index (χ2v) is 35.2. The number of unbranched alkanes of at least 4 members (excludes halogenated alkanes) is 63. The lowest BCUT2D eigenvalue weighted by Crippen LogP contribution is -2.19. The van der Waals surface area contributed by atoms with Gasteiger partial charge in [0.2, 0.25) is 0 Å². The van der Waals surface area contributed by atoms with Gasteiger partial charge in [-0.05, 0) is 93.4 Å². The van der Waals surface area contributed by atoms with Crippen LogP contribution in [0.5, 0.6) is 0 Å². The Morgan fingerprint density at radius 1 is 0.135 bits per heavy atom. The second-order valence-electron chi connectivity index (χ2n) is 35.2. The first kappa shape index (κ1) is 135. The predicted octanol–water partition coefficient (Wildman–Crippen LogP) is 26.8. The number of aliphatic hydroxyl groups is 7. The molecule has 21 heteroatoms. The van der Waals surface area contributed by atoms with Gasteiger partial charge in [0.05, 0.1) is 46.2 Å². The van der Waals surface area contributed by atoms with Crippen molar-refractivity contribution in [2.45, 2.75) is 589 Å². The summed E-state index contributed by atoms with van der Waals surface area (Å²) in [5, 5.41) is 62.2. The molecule has 126 heavy (non-hydrogen) atoms. The average molecular weight is 1810 g/mol. The maximum atomic E-state index is 11.0. The Morgan fingerprint density at radius 3 is 0.270 bits per heavy atom. The molecule has 0 aromatic rings. The van der Waals surface area contributed by atoms with Crippen molar-refractivity contribution in [3.05, 3.63) is 0 Å². The summed E-state index contributed by atoms with van der Waals surface area (Å²) in [7, 11) is 0. The zero-order chi connectivity index (χ0) is 95.5. The van der Waals surface area contributed by atoms with E-state index in [1.165, 1.54) is 408 Å². The molecule has 0 aliphatic rings. The maximum absolute atomic E-state index is 11.0. The van der Waals surface area contributed by atoms with Crippen LogP contribution in [0, 0.1) is 0 Å². The van der Waals surface area contributed by atoms with E-state index in [1.54, 1.807) is 0 Å². The van der Waals surface area contributed by atoms with Crippen LogP contribution in [0.2, 0.25) is 0 Å². The van der Waals surface area contributed by atoms with Crippen LogP contribution in [0.25, 0.3) is 0 Å². The number of hydrogen-bond donors (Lipinski definition) is 7. The molecule has 0 aliphatic heterocycles. The van der Waals surface area contributed by atoms with Crippen molar-refractivity contribution in [2.75, 3.05) is 46.2 Å². The molecule has 0 aromatic carbocycles. The molecule has 7 atom stereocenters. The van der Waals surface area contributed by atoms with Crippen molar-refractivity contribution in [3.8, 4) is 0 Å². The summed E-state index contributed by atoms with van der Waals surface area (Å²) in [6.07, 6.45) is 82.3. The molecule has 0 amide bonds. The van der Waals surface area contributed by atoms with Crippen molar-refractivity contribution in [2.24, 2.45) is 0 Å². The summed E-state index contributed by atoms with van der Waals surface area (Å²) in [5.41, 5.74) is 0. The Labute approximate surface area is 775 Å². The first-order valence-electron chi connectivity index (χ1n) is 52.7. The first-order chi connectivity index (χ1) is 60.8. The lowest BCUT2D eigenvalue weighted by molar-refractivity contribution is -0.153. The van der Waals surface area contributed by atoms with Gasteiger partial charge in [-0.15, -0.1) is 0 Å². The smallest absolute Gasteiger partial charge is 0.334 e. The number of rotatable bonds is 84. The minimum absolute atomic E-state index is 0.434. The number of carbonyl (C=O) groups excluding carboxylic acids is 7. The van der Waals surface area contributed by atoms with E-state index in [0.29, 0.717) is 46.2 Å². The third-order valence-electron chi connectivity index (χ3n) is 21.6. The SMILES string of the molecule is CCCCCCCCCCCCCCCCCCOC(=O)C(C)O.CCCCCCCCCCCCCCCCOC(=O)C(C)O.CCCCCCCCCCCCCCOC(=O)C(C)O.CCCCCCCCCCCCOC(=O)C(C)O.CCCCCCCCCCOC(=O)C(C)O.CCCCCCCCOC(=O)C(C)O.CCCCCCOC(=O)C(C)O. The topological polar surface area (TPSA) is 326 Å². The molecule has 0 heterocycles. The zero-order valence-electron chi connectivity index (χ0n) is 84.8. The highest BCUT2D eigenvalue weighted by Crippen LogP contribution is 2.19. The third kappa shape index (κ3) is 129. The van der Waals surface area contributed by atoms with Crippen molar-refractivity contribution >= 4 is 41.8 Å². The molecule has 0 saturated carbocycles. The van der Waals surface area contributed by atoms with E-state index in [0.717, 1.165) is 89.9 Å². The quantitative estimate of drug-likeness (QED) is 0.0169. The molecular weight excluding hydrogens is 1600 g/mol. The Kier molecular flexibility index (Phi) is 126. The summed E-state index contributed by atoms with van der Waals surface area (Å²) in [4.78, 5) is 76.3. The highest BCUT2D eigenvalue weighted by atomic mass is 16.6. The van der Waals surface area contributed by atoms with Gasteiger partial charge in [-0.1, -0.05) is 453 Å². The second kappa shape index (κ2) is 117. The molecule has 7 N–H and O–H groups in total. The zero-order valence-corrected chi connectivity index (χ0v) is 84.8. The number of carbonyl (C=O) groups is 7. The van der Waals surface area contributed by atoms with E-state index in [1.807, 2.05) is 0 Å². The maximum Gasteiger partial charge on any atom is 0.334 e. The molecule has 0 spiro atoms. The molecular formula is C105H210O21. The van der Waals surface area contributed by atoms with Gasteiger partial charge < -0.3 is 68.9 Å². The number of esters is 7. The van der Waals surface area contributed by atoms with Crippen LogP contribution in [0.15, 0.2) is 0 Å². The van der Waals surface area contributed by atoms with Gasteiger partial charge in [-0.2, -0.15) is 0 Å². The lowest BCUT2D eigenvalue weighted by atomic mass is 10.0. The molecule has 0 radical (unpaired) electrons. The van der Waals surface area contributed by atoms with E-state index in [2.05, 4.69) is 48.5 Å². The Balaban J connectivity index is -0.000000265.